The van der Waals surface area contributed by atoms with Crippen molar-refractivity contribution in [3.8, 4) is 0 Å². The SMILES string of the molecule is C[SiH](C)OCC1=CCC(C(C)(C)C)OC1=O. The van der Waals surface area contributed by atoms with Crippen LogP contribution in [0.1, 0.15) is 27.2 Å². The van der Waals surface area contributed by atoms with Gasteiger partial charge in [-0.3, -0.25) is 0 Å². The van der Waals surface area contributed by atoms with E-state index >= 15 is 0 Å². The van der Waals surface area contributed by atoms with Gasteiger partial charge in [-0.2, -0.15) is 0 Å². The van der Waals surface area contributed by atoms with Crippen LogP contribution >= 0.6 is 0 Å². The molecule has 0 N–H and O–H groups in total. The van der Waals surface area contributed by atoms with Gasteiger partial charge < -0.3 is 9.16 Å². The van der Waals surface area contributed by atoms with E-state index in [0.29, 0.717) is 12.2 Å². The Morgan fingerprint density at radius 3 is 2.56 bits per heavy atom. The molecule has 0 saturated carbocycles. The molecule has 1 rings (SSSR count). The summed E-state index contributed by atoms with van der Waals surface area (Å²) >= 11 is 0. The van der Waals surface area contributed by atoms with Gasteiger partial charge in [-0.15, -0.1) is 0 Å². The number of carbonyl (C=O) groups is 1. The van der Waals surface area contributed by atoms with Crippen LogP contribution in [0, 0.1) is 5.41 Å². The number of cyclic esters (lactones) is 1. The third-order valence-electron chi connectivity index (χ3n) is 2.63. The van der Waals surface area contributed by atoms with Crippen molar-refractivity contribution in [3.05, 3.63) is 11.6 Å². The van der Waals surface area contributed by atoms with Gasteiger partial charge in [-0.1, -0.05) is 26.8 Å². The molecular formula is C12H22O3Si. The maximum atomic E-state index is 11.7. The highest BCUT2D eigenvalue weighted by molar-refractivity contribution is 6.48. The predicted molar refractivity (Wildman–Crippen MR) is 66.9 cm³/mol. The lowest BCUT2D eigenvalue weighted by Crippen LogP contribution is -2.35. The van der Waals surface area contributed by atoms with E-state index in [0.717, 1.165) is 6.42 Å². The lowest BCUT2D eigenvalue weighted by molar-refractivity contribution is -0.151. The minimum atomic E-state index is -1.07. The molecule has 0 aliphatic carbocycles. The molecule has 1 unspecified atom stereocenters. The summed E-state index contributed by atoms with van der Waals surface area (Å²) in [4.78, 5) is 11.7. The zero-order chi connectivity index (χ0) is 12.3. The molecule has 16 heavy (non-hydrogen) atoms. The van der Waals surface area contributed by atoms with E-state index in [1.807, 2.05) is 6.08 Å². The molecule has 0 bridgehead atoms. The molecule has 1 aliphatic heterocycles. The number of ether oxygens (including phenoxy) is 1. The summed E-state index contributed by atoms with van der Waals surface area (Å²) < 4.78 is 11.0. The zero-order valence-electron chi connectivity index (χ0n) is 10.9. The largest absolute Gasteiger partial charge is 0.458 e. The molecule has 3 nitrogen and oxygen atoms in total. The fourth-order valence-corrected chi connectivity index (χ4v) is 2.00. The fraction of sp³-hybridized carbons (Fsp3) is 0.750. The van der Waals surface area contributed by atoms with Crippen molar-refractivity contribution in [1.82, 2.24) is 0 Å². The van der Waals surface area contributed by atoms with Crippen molar-refractivity contribution >= 4 is 15.0 Å². The van der Waals surface area contributed by atoms with Gasteiger partial charge in [0.05, 0.1) is 12.2 Å². The third kappa shape index (κ3) is 3.76. The number of carbonyl (C=O) groups excluding carboxylic acids is 1. The van der Waals surface area contributed by atoms with E-state index in [1.165, 1.54) is 0 Å². The Labute approximate surface area is 99.5 Å². The topological polar surface area (TPSA) is 35.5 Å². The van der Waals surface area contributed by atoms with Crippen LogP contribution in [-0.2, 0) is 14.0 Å². The molecule has 0 aromatic carbocycles. The van der Waals surface area contributed by atoms with Gasteiger partial charge in [0.1, 0.15) is 6.10 Å². The normalized spacial score (nSPS) is 22.0. The molecule has 1 heterocycles. The van der Waals surface area contributed by atoms with Crippen LogP contribution in [-0.4, -0.2) is 27.7 Å². The molecule has 0 radical (unpaired) electrons. The van der Waals surface area contributed by atoms with E-state index in [1.54, 1.807) is 0 Å². The second kappa shape index (κ2) is 5.14. The van der Waals surface area contributed by atoms with Crippen LogP contribution in [0.3, 0.4) is 0 Å². The quantitative estimate of drug-likeness (QED) is 0.562. The van der Waals surface area contributed by atoms with E-state index in [4.69, 9.17) is 9.16 Å². The van der Waals surface area contributed by atoms with Crippen LogP contribution in [0.5, 0.6) is 0 Å². The van der Waals surface area contributed by atoms with Gasteiger partial charge in [0.2, 0.25) is 0 Å². The van der Waals surface area contributed by atoms with E-state index in [9.17, 15) is 4.79 Å². The van der Waals surface area contributed by atoms with E-state index < -0.39 is 9.04 Å². The maximum Gasteiger partial charge on any atom is 0.336 e. The maximum absolute atomic E-state index is 11.7. The molecule has 0 aromatic rings. The number of rotatable bonds is 3. The highest BCUT2D eigenvalue weighted by Gasteiger charge is 2.31. The van der Waals surface area contributed by atoms with Crippen molar-refractivity contribution in [2.45, 2.75) is 46.4 Å². The number of hydrogen-bond donors (Lipinski definition) is 0. The Bertz CT molecular complexity index is 289. The summed E-state index contributed by atoms with van der Waals surface area (Å²) in [5, 5.41) is 0. The van der Waals surface area contributed by atoms with Crippen molar-refractivity contribution in [2.75, 3.05) is 6.61 Å². The first-order valence-corrected chi connectivity index (χ1v) is 8.60. The standard InChI is InChI=1S/C12H22O3Si/c1-12(2,3)10-7-6-9(11(13)15-10)8-14-16(4)5/h6,10,16H,7-8H2,1-5H3. The minimum absolute atomic E-state index is 0.00530. The number of esters is 1. The Balaban J connectivity index is 2.58. The first kappa shape index (κ1) is 13.5. The van der Waals surface area contributed by atoms with Gasteiger partial charge in [0, 0.05) is 6.42 Å². The zero-order valence-corrected chi connectivity index (χ0v) is 12.0. The van der Waals surface area contributed by atoms with E-state index in [2.05, 4.69) is 33.9 Å². The molecule has 0 amide bonds. The summed E-state index contributed by atoms with van der Waals surface area (Å²) in [7, 11) is -1.07. The monoisotopic (exact) mass is 242 g/mol. The third-order valence-corrected chi connectivity index (χ3v) is 3.46. The second-order valence-electron chi connectivity index (χ2n) is 5.58. The molecule has 0 saturated heterocycles. The minimum Gasteiger partial charge on any atom is -0.458 e. The fourth-order valence-electron chi connectivity index (χ4n) is 1.49. The Kier molecular flexibility index (Phi) is 4.33. The molecule has 0 aromatic heterocycles. The highest BCUT2D eigenvalue weighted by atomic mass is 28.3. The summed E-state index contributed by atoms with van der Waals surface area (Å²) in [5.41, 5.74) is 0.687. The van der Waals surface area contributed by atoms with Crippen LogP contribution in [0.25, 0.3) is 0 Å². The van der Waals surface area contributed by atoms with Crippen LogP contribution < -0.4 is 0 Å². The first-order chi connectivity index (χ1) is 7.30. The summed E-state index contributed by atoms with van der Waals surface area (Å²) in [6, 6.07) is 0. The Morgan fingerprint density at radius 1 is 1.50 bits per heavy atom. The molecular weight excluding hydrogens is 220 g/mol. The highest BCUT2D eigenvalue weighted by Crippen LogP contribution is 2.29. The molecule has 0 fully saturated rings. The van der Waals surface area contributed by atoms with Crippen molar-refractivity contribution in [1.29, 1.82) is 0 Å². The van der Waals surface area contributed by atoms with Gasteiger partial charge in [0.25, 0.3) is 0 Å². The summed E-state index contributed by atoms with van der Waals surface area (Å²) in [5.74, 6) is -0.208. The van der Waals surface area contributed by atoms with Crippen LogP contribution in [0.15, 0.2) is 11.6 Å². The lowest BCUT2D eigenvalue weighted by Gasteiger charge is -2.32. The van der Waals surface area contributed by atoms with Gasteiger partial charge >= 0.3 is 5.97 Å². The average Bonchev–Trinajstić information content (AvgIpc) is 2.14. The number of hydrogen-bond acceptors (Lipinski definition) is 3. The van der Waals surface area contributed by atoms with Gasteiger partial charge in [-0.05, 0) is 18.5 Å². The van der Waals surface area contributed by atoms with Crippen molar-refractivity contribution in [3.63, 3.8) is 0 Å². The first-order valence-electron chi connectivity index (χ1n) is 5.82. The van der Waals surface area contributed by atoms with Crippen molar-refractivity contribution < 1.29 is 14.0 Å². The smallest absolute Gasteiger partial charge is 0.336 e. The molecule has 1 aliphatic rings. The van der Waals surface area contributed by atoms with Crippen LogP contribution in [0.2, 0.25) is 13.1 Å². The Hall–Kier alpha value is -0.613. The summed E-state index contributed by atoms with van der Waals surface area (Å²) in [6.07, 6.45) is 2.76. The average molecular weight is 242 g/mol. The predicted octanol–water partition coefficient (Wildman–Crippen LogP) is 2.27. The molecule has 1 atom stereocenters. The van der Waals surface area contributed by atoms with Gasteiger partial charge in [0.15, 0.2) is 9.04 Å². The second-order valence-corrected chi connectivity index (χ2v) is 8.02. The summed E-state index contributed by atoms with van der Waals surface area (Å²) in [6.45, 7) is 10.9. The molecule has 0 spiro atoms. The Morgan fingerprint density at radius 2 is 2.12 bits per heavy atom. The van der Waals surface area contributed by atoms with Crippen LogP contribution in [0.4, 0.5) is 0 Å². The van der Waals surface area contributed by atoms with E-state index in [-0.39, 0.29) is 17.5 Å². The molecule has 92 valence electrons. The molecule has 4 heteroatoms. The van der Waals surface area contributed by atoms with Gasteiger partial charge in [-0.25, -0.2) is 4.79 Å². The van der Waals surface area contributed by atoms with Crippen molar-refractivity contribution in [2.24, 2.45) is 5.41 Å². The lowest BCUT2D eigenvalue weighted by atomic mass is 9.85.